The van der Waals surface area contributed by atoms with E-state index in [2.05, 4.69) is 5.32 Å². The molecule has 3 aromatic rings. The summed E-state index contributed by atoms with van der Waals surface area (Å²) in [6.07, 6.45) is -7.87. The summed E-state index contributed by atoms with van der Waals surface area (Å²) in [6, 6.07) is 8.98. The first-order chi connectivity index (χ1) is 14.9. The maximum absolute atomic E-state index is 13.3. The second-order valence-electron chi connectivity index (χ2n) is 5.92. The van der Waals surface area contributed by atoms with Crippen LogP contribution in [0.15, 0.2) is 66.6 Å². The molecule has 0 saturated heterocycles. The van der Waals surface area contributed by atoms with Gasteiger partial charge in [-0.3, -0.25) is 0 Å². The molecule has 3 aromatic carbocycles. The van der Waals surface area contributed by atoms with Crippen LogP contribution in [0.5, 0.6) is 0 Å². The third-order valence-electron chi connectivity index (χ3n) is 4.08. The second-order valence-corrected chi connectivity index (χ2v) is 5.92. The van der Waals surface area contributed by atoms with Crippen LogP contribution in [0.4, 0.5) is 13.2 Å². The number of benzene rings is 3. The molecule has 4 heteroatoms. The lowest BCUT2D eigenvalue weighted by Gasteiger charge is -2.17. The van der Waals surface area contributed by atoms with E-state index in [0.717, 1.165) is 16.3 Å². The van der Waals surface area contributed by atoms with E-state index in [4.69, 9.17) is 8.22 Å². The number of alkyl halides is 3. The molecule has 0 aliphatic heterocycles. The summed E-state index contributed by atoms with van der Waals surface area (Å²) in [4.78, 5) is 0. The molecule has 1 N–H and O–H groups in total. The van der Waals surface area contributed by atoms with Gasteiger partial charge in [-0.25, -0.2) is 0 Å². The van der Waals surface area contributed by atoms with Crippen molar-refractivity contribution in [2.24, 2.45) is 0 Å². The normalized spacial score (nSPS) is 16.9. The summed E-state index contributed by atoms with van der Waals surface area (Å²) in [5, 5.41) is 5.23. The Labute approximate surface area is 160 Å². The molecule has 0 bridgehead atoms. The molecule has 0 radical (unpaired) electrons. The van der Waals surface area contributed by atoms with Crippen molar-refractivity contribution in [2.45, 2.75) is 31.9 Å². The van der Waals surface area contributed by atoms with E-state index in [0.29, 0.717) is 0 Å². The van der Waals surface area contributed by atoms with Crippen LogP contribution in [0, 0.1) is 0 Å². The molecule has 0 amide bonds. The van der Waals surface area contributed by atoms with E-state index < -0.39 is 47.8 Å². The molecule has 0 unspecified atom stereocenters. The molecule has 26 heavy (non-hydrogen) atoms. The highest BCUT2D eigenvalue weighted by molar-refractivity contribution is 5.86. The Kier molecular flexibility index (Phi) is 3.69. The number of fused-ring (bicyclic) bond motifs is 1. The molecule has 0 aliphatic rings. The van der Waals surface area contributed by atoms with Gasteiger partial charge in [-0.2, -0.15) is 13.2 Å². The highest BCUT2D eigenvalue weighted by Crippen LogP contribution is 2.29. The number of nitrogens with one attached hydrogen (secondary N) is 1. The van der Waals surface area contributed by atoms with Gasteiger partial charge >= 0.3 is 6.18 Å². The minimum atomic E-state index is -5.09. The van der Waals surface area contributed by atoms with Gasteiger partial charge in [0.15, 0.2) is 0 Å². The molecule has 0 aliphatic carbocycles. The Balaban J connectivity index is 1.85. The average Bonchev–Trinajstić information content (AvgIpc) is 2.70. The summed E-state index contributed by atoms with van der Waals surface area (Å²) < 4.78 is 87.6. The van der Waals surface area contributed by atoms with Crippen molar-refractivity contribution in [1.29, 1.82) is 0 Å². The fraction of sp³-hybridized carbons (Fsp3) is 0.273. The number of hydrogen-bond acceptors (Lipinski definition) is 1. The van der Waals surface area contributed by atoms with E-state index in [-0.39, 0.29) is 19.0 Å². The molecule has 136 valence electrons. The van der Waals surface area contributed by atoms with Crippen LogP contribution in [0.25, 0.3) is 10.8 Å². The Hall–Kier alpha value is -2.33. The molecule has 1 nitrogen and oxygen atoms in total. The highest BCUT2D eigenvalue weighted by atomic mass is 19.4. The van der Waals surface area contributed by atoms with Crippen molar-refractivity contribution in [2.75, 3.05) is 6.54 Å². The predicted molar refractivity (Wildman–Crippen MR) is 100 cm³/mol. The SMILES string of the molecule is [2H]c1c([2H])c(C(F)(F)F)c([2H])c(C([2H])([2H])CCN[C@H](C)c2cccc3ccccc23)c1[2H]. The van der Waals surface area contributed by atoms with Gasteiger partial charge < -0.3 is 5.32 Å². The smallest absolute Gasteiger partial charge is 0.310 e. The first kappa shape index (κ1) is 12.1. The zero-order valence-electron chi connectivity index (χ0n) is 20.2. The molecule has 1 atom stereocenters. The molecular weight excluding hydrogens is 335 g/mol. The Bertz CT molecular complexity index is 1140. The zero-order chi connectivity index (χ0) is 23.8. The van der Waals surface area contributed by atoms with Gasteiger partial charge in [-0.15, -0.1) is 0 Å². The summed E-state index contributed by atoms with van der Waals surface area (Å²) in [6.45, 7) is 1.95. The molecule has 3 rings (SSSR count). The van der Waals surface area contributed by atoms with Crippen LogP contribution in [-0.4, -0.2) is 6.54 Å². The highest BCUT2D eigenvalue weighted by Gasteiger charge is 2.30. The van der Waals surface area contributed by atoms with Crippen LogP contribution >= 0.6 is 0 Å². The van der Waals surface area contributed by atoms with Crippen LogP contribution < -0.4 is 5.32 Å². The van der Waals surface area contributed by atoms with Crippen molar-refractivity contribution in [3.05, 3.63) is 83.3 Å². The third-order valence-corrected chi connectivity index (χ3v) is 4.08. The summed E-state index contributed by atoms with van der Waals surface area (Å²) >= 11 is 0. The standard InChI is InChI=1S/C22H22F3N/c1-16(20-13-5-10-18-9-2-3-12-21(18)20)26-14-6-8-17-7-4-11-19(15-17)22(23,24)25/h2-5,7,9-13,15-16,26H,6,8,14H2,1H3/t16-/m1/s1/i4D,7D,8D2,11D,15D. The van der Waals surface area contributed by atoms with Crippen LogP contribution in [0.2, 0.25) is 0 Å². The topological polar surface area (TPSA) is 12.0 Å². The Morgan fingerprint density at radius 1 is 1.12 bits per heavy atom. The lowest BCUT2D eigenvalue weighted by atomic mass is 9.99. The Morgan fingerprint density at radius 3 is 2.69 bits per heavy atom. The van der Waals surface area contributed by atoms with Gasteiger partial charge in [0, 0.05) is 8.78 Å². The van der Waals surface area contributed by atoms with Crippen molar-refractivity contribution < 1.29 is 21.4 Å². The first-order valence-electron chi connectivity index (χ1n) is 11.3. The first-order valence-corrected chi connectivity index (χ1v) is 8.25. The molecule has 0 saturated carbocycles. The lowest BCUT2D eigenvalue weighted by molar-refractivity contribution is -0.137. The Morgan fingerprint density at radius 2 is 1.88 bits per heavy atom. The van der Waals surface area contributed by atoms with Crippen molar-refractivity contribution >= 4 is 10.8 Å². The summed E-state index contributed by atoms with van der Waals surface area (Å²) in [7, 11) is 0. The third kappa shape index (κ3) is 4.44. The summed E-state index contributed by atoms with van der Waals surface area (Å²) in [5.41, 5.74) is -1.52. The van der Waals surface area contributed by atoms with Gasteiger partial charge in [0.25, 0.3) is 0 Å². The number of hydrogen-bond donors (Lipinski definition) is 1. The fourth-order valence-electron chi connectivity index (χ4n) is 2.79. The molecule has 0 aromatic heterocycles. The van der Waals surface area contributed by atoms with Crippen molar-refractivity contribution in [1.82, 2.24) is 5.32 Å². The lowest BCUT2D eigenvalue weighted by Crippen LogP contribution is -2.20. The minimum absolute atomic E-state index is 0.0631. The van der Waals surface area contributed by atoms with Gasteiger partial charge in [0.1, 0.15) is 0 Å². The van der Waals surface area contributed by atoms with E-state index >= 15 is 0 Å². The van der Waals surface area contributed by atoms with E-state index in [1.54, 1.807) is 0 Å². The number of halogens is 3. The van der Waals surface area contributed by atoms with Crippen molar-refractivity contribution in [3.63, 3.8) is 0 Å². The van der Waals surface area contributed by atoms with Crippen LogP contribution in [0.1, 0.15) is 44.3 Å². The monoisotopic (exact) mass is 363 g/mol. The summed E-state index contributed by atoms with van der Waals surface area (Å²) in [5.74, 6) is 0. The van der Waals surface area contributed by atoms with Gasteiger partial charge in [-0.1, -0.05) is 60.6 Å². The molecule has 0 heterocycles. The van der Waals surface area contributed by atoms with E-state index in [1.807, 2.05) is 49.4 Å². The molecular formula is C22H22F3N. The fourth-order valence-corrected chi connectivity index (χ4v) is 2.79. The predicted octanol–water partition coefficient (Wildman–Crippen LogP) is 6.14. The minimum Gasteiger partial charge on any atom is -0.310 e. The largest absolute Gasteiger partial charge is 0.416 e. The van der Waals surface area contributed by atoms with Crippen LogP contribution in [-0.2, 0) is 12.5 Å². The zero-order valence-corrected chi connectivity index (χ0v) is 14.2. The van der Waals surface area contributed by atoms with Gasteiger partial charge in [0.05, 0.1) is 11.0 Å². The van der Waals surface area contributed by atoms with Gasteiger partial charge in [-0.05, 0) is 54.2 Å². The maximum atomic E-state index is 13.3. The van der Waals surface area contributed by atoms with E-state index in [1.165, 1.54) is 0 Å². The number of rotatable bonds is 6. The molecule has 0 fully saturated rings. The van der Waals surface area contributed by atoms with Gasteiger partial charge in [0.2, 0.25) is 0 Å². The maximum Gasteiger partial charge on any atom is 0.416 e. The second kappa shape index (κ2) is 7.92. The van der Waals surface area contributed by atoms with E-state index in [9.17, 15) is 13.2 Å². The molecule has 0 spiro atoms. The quantitative estimate of drug-likeness (QED) is 0.554. The average molecular weight is 363 g/mol. The van der Waals surface area contributed by atoms with Crippen molar-refractivity contribution in [3.8, 4) is 0 Å². The van der Waals surface area contributed by atoms with Crippen LogP contribution in [0.3, 0.4) is 0 Å².